The summed E-state index contributed by atoms with van der Waals surface area (Å²) in [4.78, 5) is 24.8. The highest BCUT2D eigenvalue weighted by atomic mass is 16.2. The molecule has 5 nitrogen and oxygen atoms in total. The van der Waals surface area contributed by atoms with Crippen LogP contribution in [-0.4, -0.2) is 21.5 Å². The topological polar surface area (TPSA) is 64.0 Å². The number of carbonyl (C=O) groups is 2. The zero-order valence-electron chi connectivity index (χ0n) is 13.5. The molecule has 0 aliphatic rings. The number of rotatable bonds is 4. The number of nitrogens with zero attached hydrogens (tertiary/aromatic N) is 2. The van der Waals surface area contributed by atoms with Crippen LogP contribution in [0.15, 0.2) is 60.7 Å². The van der Waals surface area contributed by atoms with Crippen molar-refractivity contribution in [2.24, 2.45) is 0 Å². The lowest BCUT2D eigenvalue weighted by Gasteiger charge is -2.06. The number of nitrogens with one attached hydrogen (secondary N) is 1. The van der Waals surface area contributed by atoms with Gasteiger partial charge in [0.15, 0.2) is 0 Å². The highest BCUT2D eigenvalue weighted by molar-refractivity contribution is 6.47. The molecule has 0 saturated carbocycles. The average Bonchev–Trinajstić information content (AvgIpc) is 2.90. The highest BCUT2D eigenvalue weighted by Crippen LogP contribution is 2.19. The van der Waals surface area contributed by atoms with Crippen molar-refractivity contribution in [3.8, 4) is 5.69 Å². The molecule has 3 aromatic rings. The van der Waals surface area contributed by atoms with Crippen LogP contribution in [0, 0.1) is 13.8 Å². The molecule has 0 aliphatic carbocycles. The van der Waals surface area contributed by atoms with Crippen molar-refractivity contribution in [3.05, 3.63) is 77.6 Å². The molecule has 5 heteroatoms. The fourth-order valence-corrected chi connectivity index (χ4v) is 2.61. The van der Waals surface area contributed by atoms with E-state index in [0.717, 1.165) is 5.69 Å². The normalized spacial score (nSPS) is 10.4. The minimum Gasteiger partial charge on any atom is -0.319 e. The Labute approximate surface area is 139 Å². The molecule has 1 N–H and O–H groups in total. The zero-order chi connectivity index (χ0) is 17.1. The summed E-state index contributed by atoms with van der Waals surface area (Å²) in [5.74, 6) is -1.25. The van der Waals surface area contributed by atoms with E-state index in [9.17, 15) is 9.59 Å². The Balaban J connectivity index is 1.91. The number of amides is 1. The second kappa shape index (κ2) is 6.50. The molecule has 1 amide bonds. The van der Waals surface area contributed by atoms with E-state index in [2.05, 4.69) is 10.4 Å². The zero-order valence-corrected chi connectivity index (χ0v) is 13.5. The van der Waals surface area contributed by atoms with Crippen LogP contribution in [0.25, 0.3) is 5.69 Å². The maximum atomic E-state index is 12.6. The first-order valence-corrected chi connectivity index (χ1v) is 7.60. The van der Waals surface area contributed by atoms with Crippen LogP contribution in [0.3, 0.4) is 0 Å². The van der Waals surface area contributed by atoms with Gasteiger partial charge in [-0.25, -0.2) is 4.68 Å². The van der Waals surface area contributed by atoms with Gasteiger partial charge >= 0.3 is 0 Å². The third kappa shape index (κ3) is 2.96. The number of anilines is 1. The Morgan fingerprint density at radius 3 is 2.12 bits per heavy atom. The van der Waals surface area contributed by atoms with Crippen LogP contribution < -0.4 is 5.32 Å². The number of aryl methyl sites for hydroxylation is 1. The standard InChI is InChI=1S/C19H17N3O2/c1-13-17(14(2)22(21-13)16-11-7-4-8-12-16)18(23)19(24)20-15-9-5-3-6-10-15/h3-12H,1-2H3,(H,20,24). The first-order valence-electron chi connectivity index (χ1n) is 7.60. The van der Waals surface area contributed by atoms with Crippen molar-refractivity contribution >= 4 is 17.4 Å². The highest BCUT2D eigenvalue weighted by Gasteiger charge is 2.25. The fourth-order valence-electron chi connectivity index (χ4n) is 2.61. The van der Waals surface area contributed by atoms with Gasteiger partial charge in [-0.2, -0.15) is 5.10 Å². The number of hydrogen-bond acceptors (Lipinski definition) is 3. The van der Waals surface area contributed by atoms with Gasteiger partial charge in [0.2, 0.25) is 0 Å². The molecule has 0 atom stereocenters. The molecule has 0 unspecified atom stereocenters. The largest absolute Gasteiger partial charge is 0.319 e. The molecule has 0 saturated heterocycles. The molecule has 1 heterocycles. The Kier molecular flexibility index (Phi) is 4.24. The smallest absolute Gasteiger partial charge is 0.296 e. The molecule has 24 heavy (non-hydrogen) atoms. The maximum Gasteiger partial charge on any atom is 0.296 e. The first kappa shape index (κ1) is 15.7. The molecule has 1 aromatic heterocycles. The number of benzene rings is 2. The Morgan fingerprint density at radius 2 is 1.50 bits per heavy atom. The van der Waals surface area contributed by atoms with Gasteiger partial charge in [0.05, 0.1) is 22.6 Å². The van der Waals surface area contributed by atoms with Gasteiger partial charge in [0, 0.05) is 5.69 Å². The van der Waals surface area contributed by atoms with E-state index in [0.29, 0.717) is 22.6 Å². The molecular formula is C19H17N3O2. The molecular weight excluding hydrogens is 302 g/mol. The number of aromatic nitrogens is 2. The van der Waals surface area contributed by atoms with Gasteiger partial charge in [-0.3, -0.25) is 9.59 Å². The molecule has 3 rings (SSSR count). The fraction of sp³-hybridized carbons (Fsp3) is 0.105. The maximum absolute atomic E-state index is 12.6. The van der Waals surface area contributed by atoms with E-state index in [4.69, 9.17) is 0 Å². The predicted molar refractivity (Wildman–Crippen MR) is 92.4 cm³/mol. The van der Waals surface area contributed by atoms with E-state index in [-0.39, 0.29) is 0 Å². The number of ketones is 1. The van der Waals surface area contributed by atoms with Crippen LogP contribution in [0.2, 0.25) is 0 Å². The molecule has 2 aromatic carbocycles. The molecule has 0 bridgehead atoms. The van der Waals surface area contributed by atoms with Gasteiger partial charge in [0.25, 0.3) is 11.7 Å². The molecule has 0 spiro atoms. The molecule has 120 valence electrons. The third-order valence-electron chi connectivity index (χ3n) is 3.76. The Morgan fingerprint density at radius 1 is 0.917 bits per heavy atom. The van der Waals surface area contributed by atoms with E-state index in [1.807, 2.05) is 36.4 Å². The van der Waals surface area contributed by atoms with Crippen LogP contribution in [0.4, 0.5) is 5.69 Å². The van der Waals surface area contributed by atoms with Crippen LogP contribution in [-0.2, 0) is 4.79 Å². The SMILES string of the molecule is Cc1nn(-c2ccccc2)c(C)c1C(=O)C(=O)Nc1ccccc1. The summed E-state index contributed by atoms with van der Waals surface area (Å²) in [6.07, 6.45) is 0. The minimum atomic E-state index is -0.667. The summed E-state index contributed by atoms with van der Waals surface area (Å²) in [6, 6.07) is 18.4. The van der Waals surface area contributed by atoms with Gasteiger partial charge < -0.3 is 5.32 Å². The molecule has 0 fully saturated rings. The van der Waals surface area contributed by atoms with Crippen LogP contribution >= 0.6 is 0 Å². The number of carbonyl (C=O) groups excluding carboxylic acids is 2. The van der Waals surface area contributed by atoms with Gasteiger partial charge in [-0.05, 0) is 38.1 Å². The lowest BCUT2D eigenvalue weighted by molar-refractivity contribution is -0.112. The average molecular weight is 319 g/mol. The van der Waals surface area contributed by atoms with E-state index in [1.54, 1.807) is 42.8 Å². The van der Waals surface area contributed by atoms with E-state index in [1.165, 1.54) is 0 Å². The number of Topliss-reactive ketones (excluding diaryl/α,β-unsaturated/α-hetero) is 1. The van der Waals surface area contributed by atoms with Gasteiger partial charge in [-0.1, -0.05) is 36.4 Å². The minimum absolute atomic E-state index is 0.340. The van der Waals surface area contributed by atoms with Crippen LogP contribution in [0.1, 0.15) is 21.7 Å². The Bertz CT molecular complexity index is 884. The summed E-state index contributed by atoms with van der Waals surface area (Å²) < 4.78 is 1.68. The second-order valence-corrected chi connectivity index (χ2v) is 5.44. The summed E-state index contributed by atoms with van der Waals surface area (Å²) in [5.41, 5.74) is 2.95. The second-order valence-electron chi connectivity index (χ2n) is 5.44. The van der Waals surface area contributed by atoms with Gasteiger partial charge in [-0.15, -0.1) is 0 Å². The lowest BCUT2D eigenvalue weighted by Crippen LogP contribution is -2.24. The van der Waals surface area contributed by atoms with Crippen molar-refractivity contribution < 1.29 is 9.59 Å². The van der Waals surface area contributed by atoms with Crippen molar-refractivity contribution in [3.63, 3.8) is 0 Å². The summed E-state index contributed by atoms with van der Waals surface area (Å²) in [7, 11) is 0. The quantitative estimate of drug-likeness (QED) is 0.593. The van der Waals surface area contributed by atoms with Gasteiger partial charge in [0.1, 0.15) is 0 Å². The summed E-state index contributed by atoms with van der Waals surface area (Å²) >= 11 is 0. The summed E-state index contributed by atoms with van der Waals surface area (Å²) in [5, 5.41) is 7.02. The van der Waals surface area contributed by atoms with Crippen molar-refractivity contribution in [2.45, 2.75) is 13.8 Å². The van der Waals surface area contributed by atoms with Crippen molar-refractivity contribution in [1.82, 2.24) is 9.78 Å². The van der Waals surface area contributed by atoms with E-state index >= 15 is 0 Å². The van der Waals surface area contributed by atoms with Crippen molar-refractivity contribution in [1.29, 1.82) is 0 Å². The van der Waals surface area contributed by atoms with Crippen molar-refractivity contribution in [2.75, 3.05) is 5.32 Å². The first-order chi connectivity index (χ1) is 11.6. The predicted octanol–water partition coefficient (Wildman–Crippen LogP) is 3.31. The van der Waals surface area contributed by atoms with Crippen LogP contribution in [0.5, 0.6) is 0 Å². The lowest BCUT2D eigenvalue weighted by atomic mass is 10.1. The molecule has 0 radical (unpaired) electrons. The number of para-hydroxylation sites is 2. The Hall–Kier alpha value is -3.21. The van der Waals surface area contributed by atoms with E-state index < -0.39 is 11.7 Å². The monoisotopic (exact) mass is 319 g/mol. The number of hydrogen-bond donors (Lipinski definition) is 1. The third-order valence-corrected chi connectivity index (χ3v) is 3.76. The summed E-state index contributed by atoms with van der Waals surface area (Å²) in [6.45, 7) is 3.52. The molecule has 0 aliphatic heterocycles.